The number of carbonyl (C=O) groups excluding carboxylic acids is 4. The van der Waals surface area contributed by atoms with E-state index >= 15 is 0 Å². The van der Waals surface area contributed by atoms with Gasteiger partial charge in [-0.25, -0.2) is 0 Å². The molecule has 2 atom stereocenters. The lowest BCUT2D eigenvalue weighted by Gasteiger charge is -2.14. The van der Waals surface area contributed by atoms with Crippen molar-refractivity contribution in [1.29, 1.82) is 0 Å². The maximum absolute atomic E-state index is 12.0. The van der Waals surface area contributed by atoms with Crippen LogP contribution in [-0.2, 0) is 25.6 Å². The SMILES string of the molecule is O=CC(Cc1c[nH]c2ccccc12)NC(=O)CNC(=O)C1CCC(=O)N1. The number of para-hydroxylation sites is 1. The van der Waals surface area contributed by atoms with E-state index in [9.17, 15) is 19.2 Å². The summed E-state index contributed by atoms with van der Waals surface area (Å²) in [5.74, 6) is -1.03. The Bertz CT molecular complexity index is 845. The Morgan fingerprint density at radius 1 is 1.31 bits per heavy atom. The Morgan fingerprint density at radius 3 is 2.85 bits per heavy atom. The Labute approximate surface area is 149 Å². The van der Waals surface area contributed by atoms with Gasteiger partial charge in [0, 0.05) is 29.9 Å². The van der Waals surface area contributed by atoms with Gasteiger partial charge in [0.2, 0.25) is 17.7 Å². The van der Waals surface area contributed by atoms with E-state index in [-0.39, 0.29) is 12.5 Å². The monoisotopic (exact) mass is 356 g/mol. The number of aromatic amines is 1. The molecule has 8 nitrogen and oxygen atoms in total. The van der Waals surface area contributed by atoms with E-state index in [1.807, 2.05) is 30.5 Å². The first-order valence-corrected chi connectivity index (χ1v) is 8.43. The van der Waals surface area contributed by atoms with Gasteiger partial charge in [-0.2, -0.15) is 0 Å². The van der Waals surface area contributed by atoms with Crippen molar-refractivity contribution >= 4 is 34.9 Å². The number of hydrogen-bond donors (Lipinski definition) is 4. The zero-order valence-corrected chi connectivity index (χ0v) is 14.1. The first kappa shape index (κ1) is 17.7. The number of fused-ring (bicyclic) bond motifs is 1. The standard InChI is InChI=1S/C18H20N4O4/c23-10-12(7-11-8-19-14-4-2-1-3-13(11)14)21-17(25)9-20-18(26)15-5-6-16(24)22-15/h1-4,8,10,12,15,19H,5-7,9H2,(H,20,26)(H,21,25)(H,22,24). The molecule has 0 saturated carbocycles. The molecule has 0 aliphatic carbocycles. The molecule has 8 heteroatoms. The van der Waals surface area contributed by atoms with Gasteiger partial charge in [-0.3, -0.25) is 14.4 Å². The summed E-state index contributed by atoms with van der Waals surface area (Å²) in [6, 6.07) is 6.42. The van der Waals surface area contributed by atoms with E-state index in [0.717, 1.165) is 16.5 Å². The fourth-order valence-electron chi connectivity index (χ4n) is 3.03. The molecule has 3 rings (SSSR count). The predicted molar refractivity (Wildman–Crippen MR) is 94.2 cm³/mol. The van der Waals surface area contributed by atoms with Gasteiger partial charge in [-0.1, -0.05) is 18.2 Å². The van der Waals surface area contributed by atoms with Crippen molar-refractivity contribution in [1.82, 2.24) is 20.9 Å². The van der Waals surface area contributed by atoms with Crippen molar-refractivity contribution in [3.63, 3.8) is 0 Å². The van der Waals surface area contributed by atoms with Crippen molar-refractivity contribution < 1.29 is 19.2 Å². The Morgan fingerprint density at radius 2 is 2.12 bits per heavy atom. The van der Waals surface area contributed by atoms with Crippen LogP contribution < -0.4 is 16.0 Å². The summed E-state index contributed by atoms with van der Waals surface area (Å²) in [6.45, 7) is -0.247. The number of aldehydes is 1. The normalized spacial score (nSPS) is 17.5. The van der Waals surface area contributed by atoms with Crippen LogP contribution in [0.5, 0.6) is 0 Å². The average Bonchev–Trinajstić information content (AvgIpc) is 3.26. The van der Waals surface area contributed by atoms with Gasteiger partial charge in [-0.05, 0) is 18.1 Å². The number of H-pyrrole nitrogens is 1. The highest BCUT2D eigenvalue weighted by Crippen LogP contribution is 2.18. The van der Waals surface area contributed by atoms with Crippen molar-refractivity contribution in [3.05, 3.63) is 36.0 Å². The summed E-state index contributed by atoms with van der Waals surface area (Å²) in [7, 11) is 0. The maximum Gasteiger partial charge on any atom is 0.243 e. The number of rotatable bonds is 7. The summed E-state index contributed by atoms with van der Waals surface area (Å²) in [5, 5.41) is 8.61. The van der Waals surface area contributed by atoms with E-state index < -0.39 is 23.9 Å². The van der Waals surface area contributed by atoms with Crippen molar-refractivity contribution in [2.45, 2.75) is 31.3 Å². The summed E-state index contributed by atoms with van der Waals surface area (Å²) in [5.41, 5.74) is 1.89. The van der Waals surface area contributed by atoms with Crippen molar-refractivity contribution in [2.75, 3.05) is 6.54 Å². The highest BCUT2D eigenvalue weighted by molar-refractivity contribution is 5.93. The van der Waals surface area contributed by atoms with Crippen LogP contribution in [-0.4, -0.2) is 47.6 Å². The predicted octanol–water partition coefficient (Wildman–Crippen LogP) is -0.211. The first-order chi connectivity index (χ1) is 12.6. The lowest BCUT2D eigenvalue weighted by atomic mass is 10.1. The fourth-order valence-corrected chi connectivity index (χ4v) is 3.03. The van der Waals surface area contributed by atoms with Crippen LogP contribution in [0.25, 0.3) is 10.9 Å². The molecule has 0 spiro atoms. The highest BCUT2D eigenvalue weighted by atomic mass is 16.2. The molecule has 1 aromatic carbocycles. The third kappa shape index (κ3) is 4.08. The molecular formula is C18H20N4O4. The zero-order chi connectivity index (χ0) is 18.5. The summed E-state index contributed by atoms with van der Waals surface area (Å²) >= 11 is 0. The molecule has 1 saturated heterocycles. The number of carbonyl (C=O) groups is 4. The second-order valence-electron chi connectivity index (χ2n) is 6.25. The Hall–Kier alpha value is -3.16. The molecule has 4 N–H and O–H groups in total. The molecule has 1 aromatic heterocycles. The number of nitrogens with one attached hydrogen (secondary N) is 4. The first-order valence-electron chi connectivity index (χ1n) is 8.43. The van der Waals surface area contributed by atoms with Crippen LogP contribution in [0.3, 0.4) is 0 Å². The minimum absolute atomic E-state index is 0.172. The number of amides is 3. The summed E-state index contributed by atoms with van der Waals surface area (Å²) in [6.07, 6.45) is 3.58. The van der Waals surface area contributed by atoms with Gasteiger partial charge in [0.1, 0.15) is 12.3 Å². The molecule has 26 heavy (non-hydrogen) atoms. The average molecular weight is 356 g/mol. The van der Waals surface area contributed by atoms with Gasteiger partial charge in [0.05, 0.1) is 12.6 Å². The van der Waals surface area contributed by atoms with E-state index in [2.05, 4.69) is 20.9 Å². The number of benzene rings is 1. The number of hydrogen-bond acceptors (Lipinski definition) is 4. The molecule has 0 bridgehead atoms. The Balaban J connectivity index is 1.51. The lowest BCUT2D eigenvalue weighted by Crippen LogP contribution is -2.47. The fraction of sp³-hybridized carbons (Fsp3) is 0.333. The molecule has 0 radical (unpaired) electrons. The van der Waals surface area contributed by atoms with E-state index in [1.165, 1.54) is 0 Å². The van der Waals surface area contributed by atoms with Crippen molar-refractivity contribution in [2.24, 2.45) is 0 Å². The van der Waals surface area contributed by atoms with Crippen LogP contribution in [0.15, 0.2) is 30.5 Å². The van der Waals surface area contributed by atoms with E-state index in [4.69, 9.17) is 0 Å². The van der Waals surface area contributed by atoms with E-state index in [0.29, 0.717) is 25.5 Å². The maximum atomic E-state index is 12.0. The molecule has 2 heterocycles. The van der Waals surface area contributed by atoms with Crippen LogP contribution in [0.4, 0.5) is 0 Å². The van der Waals surface area contributed by atoms with Gasteiger partial charge in [-0.15, -0.1) is 0 Å². The van der Waals surface area contributed by atoms with Gasteiger partial charge in [0.25, 0.3) is 0 Å². The largest absolute Gasteiger partial charge is 0.361 e. The minimum Gasteiger partial charge on any atom is -0.361 e. The molecule has 1 fully saturated rings. The van der Waals surface area contributed by atoms with Crippen LogP contribution >= 0.6 is 0 Å². The molecule has 1 aliphatic rings. The summed E-state index contributed by atoms with van der Waals surface area (Å²) < 4.78 is 0. The van der Waals surface area contributed by atoms with E-state index in [1.54, 1.807) is 0 Å². The minimum atomic E-state index is -0.690. The second kappa shape index (κ2) is 7.81. The van der Waals surface area contributed by atoms with Gasteiger partial charge in [0.15, 0.2) is 0 Å². The zero-order valence-electron chi connectivity index (χ0n) is 14.1. The molecule has 3 amide bonds. The third-order valence-electron chi connectivity index (χ3n) is 4.36. The molecule has 2 unspecified atom stereocenters. The molecule has 2 aromatic rings. The number of aromatic nitrogens is 1. The summed E-state index contributed by atoms with van der Waals surface area (Å²) in [4.78, 5) is 49.4. The van der Waals surface area contributed by atoms with Crippen LogP contribution in [0, 0.1) is 0 Å². The Kier molecular flexibility index (Phi) is 5.31. The van der Waals surface area contributed by atoms with Gasteiger partial charge < -0.3 is 25.7 Å². The third-order valence-corrected chi connectivity index (χ3v) is 4.36. The van der Waals surface area contributed by atoms with Crippen molar-refractivity contribution in [3.8, 4) is 0 Å². The molecule has 1 aliphatic heterocycles. The lowest BCUT2D eigenvalue weighted by molar-refractivity contribution is -0.128. The molecule has 136 valence electrons. The molecular weight excluding hydrogens is 336 g/mol. The quantitative estimate of drug-likeness (QED) is 0.513. The second-order valence-corrected chi connectivity index (χ2v) is 6.25. The van der Waals surface area contributed by atoms with Gasteiger partial charge >= 0.3 is 0 Å². The van der Waals surface area contributed by atoms with Crippen LogP contribution in [0.2, 0.25) is 0 Å². The highest BCUT2D eigenvalue weighted by Gasteiger charge is 2.27. The van der Waals surface area contributed by atoms with Crippen LogP contribution in [0.1, 0.15) is 18.4 Å². The smallest absolute Gasteiger partial charge is 0.243 e. The topological polar surface area (TPSA) is 120 Å².